The first kappa shape index (κ1) is 65.5. The Morgan fingerprint density at radius 2 is 0.575 bits per heavy atom. The molecule has 2 aromatic carbocycles. The van der Waals surface area contributed by atoms with Crippen LogP contribution in [-0.4, -0.2) is 46.5 Å². The van der Waals surface area contributed by atoms with E-state index in [0.717, 1.165) is 70.9 Å². The first-order valence-electron chi connectivity index (χ1n) is 33.7. The normalized spacial score (nSPS) is 14.2. The monoisotopic (exact) mass is 1130 g/mol. The molecule has 6 rings (SSSR count). The molecule has 4 heterocycles. The van der Waals surface area contributed by atoms with E-state index >= 15 is 19.2 Å². The van der Waals surface area contributed by atoms with Crippen molar-refractivity contribution in [2.75, 3.05) is 13.1 Å². The average Bonchev–Trinajstić information content (AvgIpc) is 4.13. The number of carbonyl (C=O) groups excluding carboxylic acids is 4. The lowest BCUT2D eigenvalue weighted by molar-refractivity contribution is 0.0557. The van der Waals surface area contributed by atoms with Crippen molar-refractivity contribution in [1.82, 2.24) is 9.80 Å². The quantitative estimate of drug-likeness (QED) is 0.0326. The summed E-state index contributed by atoms with van der Waals surface area (Å²) in [5.74, 6) is -0.740. The second-order valence-corrected chi connectivity index (χ2v) is 27.5. The van der Waals surface area contributed by atoms with Crippen molar-refractivity contribution in [3.63, 3.8) is 0 Å². The highest BCUT2D eigenvalue weighted by atomic mass is 32.1. The molecule has 8 heteroatoms. The highest BCUT2D eigenvalue weighted by molar-refractivity contribution is 7.15. The molecule has 2 aromatic heterocycles. The summed E-state index contributed by atoms with van der Waals surface area (Å²) in [6, 6.07) is 12.2. The molecule has 444 valence electrons. The minimum atomic E-state index is -0.290. The third-order valence-electron chi connectivity index (χ3n) is 18.0. The number of benzene rings is 2. The summed E-state index contributed by atoms with van der Waals surface area (Å²) in [5, 5.41) is 0.997. The highest BCUT2D eigenvalue weighted by Crippen LogP contribution is 2.48. The molecule has 2 unspecified atom stereocenters. The third-order valence-corrected chi connectivity index (χ3v) is 20.1. The Kier molecular flexibility index (Phi) is 30.2. The van der Waals surface area contributed by atoms with E-state index in [9.17, 15) is 0 Å². The molecule has 2 atom stereocenters. The van der Waals surface area contributed by atoms with Gasteiger partial charge in [0.2, 0.25) is 0 Å². The summed E-state index contributed by atoms with van der Waals surface area (Å²) < 4.78 is 0. The van der Waals surface area contributed by atoms with Crippen molar-refractivity contribution < 1.29 is 19.2 Å². The van der Waals surface area contributed by atoms with E-state index in [1.165, 1.54) is 205 Å². The van der Waals surface area contributed by atoms with Crippen LogP contribution < -0.4 is 0 Å². The summed E-state index contributed by atoms with van der Waals surface area (Å²) in [6.07, 6.45) is 49.5. The Morgan fingerprint density at radius 1 is 0.325 bits per heavy atom. The SMILES string of the molecule is CCCCCCCCCCCCC(CCCCCCCCCC)CN1C(=O)c2cc(-c3ccc(C)s3)c3c4c(cc(-c5ccc(C)s5)c(c24)C1=O)C(=O)N(CC(CCCCCCCCCC)CCCCCCCCCCCC)C3=O. The van der Waals surface area contributed by atoms with Crippen LogP contribution in [0.25, 0.3) is 31.7 Å². The second-order valence-electron chi connectivity index (χ2n) is 24.9. The van der Waals surface area contributed by atoms with E-state index in [0.29, 0.717) is 57.2 Å². The Labute approximate surface area is 495 Å². The van der Waals surface area contributed by atoms with Crippen LogP contribution in [0.4, 0.5) is 0 Å². The van der Waals surface area contributed by atoms with Crippen LogP contribution in [0, 0.1) is 25.7 Å². The van der Waals surface area contributed by atoms with Gasteiger partial charge >= 0.3 is 0 Å². The van der Waals surface area contributed by atoms with Crippen molar-refractivity contribution >= 4 is 57.1 Å². The molecule has 0 saturated heterocycles. The average molecular weight is 1130 g/mol. The molecule has 6 nitrogen and oxygen atoms in total. The first-order chi connectivity index (χ1) is 39.1. The fraction of sp³-hybridized carbons (Fsp3) is 0.694. The zero-order chi connectivity index (χ0) is 56.9. The summed E-state index contributed by atoms with van der Waals surface area (Å²) in [4.78, 5) is 69.5. The number of unbranched alkanes of at least 4 members (excludes halogenated alkanes) is 32. The molecule has 0 N–H and O–H groups in total. The number of carbonyl (C=O) groups is 4. The molecular weight excluding hydrogens is 1020 g/mol. The number of thiophene rings is 2. The van der Waals surface area contributed by atoms with Crippen LogP contribution in [0.1, 0.15) is 336 Å². The van der Waals surface area contributed by atoms with Crippen LogP contribution in [0.2, 0.25) is 0 Å². The van der Waals surface area contributed by atoms with Gasteiger partial charge in [0, 0.05) is 65.6 Å². The van der Waals surface area contributed by atoms with Gasteiger partial charge in [0.05, 0.1) is 11.1 Å². The Balaban J connectivity index is 1.31. The number of rotatable bonds is 46. The van der Waals surface area contributed by atoms with Crippen LogP contribution >= 0.6 is 22.7 Å². The van der Waals surface area contributed by atoms with Crippen molar-refractivity contribution in [2.24, 2.45) is 11.8 Å². The summed E-state index contributed by atoms with van der Waals surface area (Å²) in [5.41, 5.74) is 3.26. The van der Waals surface area contributed by atoms with Gasteiger partial charge in [-0.15, -0.1) is 22.7 Å². The van der Waals surface area contributed by atoms with Crippen molar-refractivity contribution in [3.8, 4) is 20.9 Å². The van der Waals surface area contributed by atoms with Crippen LogP contribution in [0.3, 0.4) is 0 Å². The summed E-state index contributed by atoms with van der Waals surface area (Å²) in [7, 11) is 0. The van der Waals surface area contributed by atoms with Crippen molar-refractivity contribution in [1.29, 1.82) is 0 Å². The van der Waals surface area contributed by atoms with Gasteiger partial charge in [-0.1, -0.05) is 259 Å². The minimum Gasteiger partial charge on any atom is -0.274 e. The molecule has 0 spiro atoms. The van der Waals surface area contributed by atoms with Gasteiger partial charge < -0.3 is 0 Å². The molecule has 4 aromatic rings. The van der Waals surface area contributed by atoms with Gasteiger partial charge in [0.25, 0.3) is 23.6 Å². The topological polar surface area (TPSA) is 74.8 Å². The lowest BCUT2D eigenvalue weighted by Gasteiger charge is -2.36. The van der Waals surface area contributed by atoms with Crippen LogP contribution in [0.15, 0.2) is 36.4 Å². The molecule has 0 radical (unpaired) electrons. The molecule has 2 aliphatic heterocycles. The number of hydrogen-bond acceptors (Lipinski definition) is 6. The van der Waals surface area contributed by atoms with Crippen LogP contribution in [-0.2, 0) is 0 Å². The smallest absolute Gasteiger partial charge is 0.262 e. The molecular formula is C72H110N2O4S2. The zero-order valence-corrected chi connectivity index (χ0v) is 53.3. The Bertz CT molecular complexity index is 2310. The fourth-order valence-electron chi connectivity index (χ4n) is 13.2. The lowest BCUT2D eigenvalue weighted by atomic mass is 9.80. The number of nitrogens with zero attached hydrogens (tertiary/aromatic N) is 2. The standard InChI is InChI=1S/C72H110N2O4S2/c1-7-11-15-19-23-27-29-33-37-41-45-57(43-39-35-31-25-21-17-13-9-3)53-73-69(75)61-51-60(64-50-48-56(6)80-64)68-66-62(52-59(63-49-47-55(5)79-63)67(65(61)66)71(73)77)70(76)74(72(68)78)54-58(44-40-36-32-26-22-18-14-10-4)46-42-38-34-30-28-24-20-16-12-8-2/h47-52,57-58H,7-46,53-54H2,1-6H3. The van der Waals surface area contributed by atoms with E-state index < -0.39 is 0 Å². The summed E-state index contributed by atoms with van der Waals surface area (Å²) >= 11 is 3.24. The van der Waals surface area contributed by atoms with Crippen molar-refractivity contribution in [3.05, 3.63) is 68.4 Å². The predicted octanol–water partition coefficient (Wildman–Crippen LogP) is 23.0. The second kappa shape index (κ2) is 36.9. The van der Waals surface area contributed by atoms with E-state index in [1.807, 2.05) is 12.1 Å². The molecule has 80 heavy (non-hydrogen) atoms. The maximum absolute atomic E-state index is 15.6. The molecule has 0 bridgehead atoms. The van der Waals surface area contributed by atoms with E-state index in [-0.39, 0.29) is 35.5 Å². The number of amides is 4. The van der Waals surface area contributed by atoms with Gasteiger partial charge in [0.15, 0.2) is 0 Å². The lowest BCUT2D eigenvalue weighted by Crippen LogP contribution is -2.46. The summed E-state index contributed by atoms with van der Waals surface area (Å²) in [6.45, 7) is 14.0. The molecule has 0 saturated carbocycles. The fourth-order valence-corrected chi connectivity index (χ4v) is 15.0. The van der Waals surface area contributed by atoms with Gasteiger partial charge in [-0.2, -0.15) is 0 Å². The number of aryl methyl sites for hydroxylation is 2. The third kappa shape index (κ3) is 19.8. The van der Waals surface area contributed by atoms with E-state index in [1.54, 1.807) is 32.5 Å². The Morgan fingerprint density at radius 3 is 0.812 bits per heavy atom. The number of imide groups is 2. The largest absolute Gasteiger partial charge is 0.274 e. The maximum Gasteiger partial charge on any atom is 0.262 e. The highest BCUT2D eigenvalue weighted by Gasteiger charge is 2.44. The van der Waals surface area contributed by atoms with E-state index in [2.05, 4.69) is 65.8 Å². The van der Waals surface area contributed by atoms with Gasteiger partial charge in [0.1, 0.15) is 0 Å². The Hall–Kier alpha value is -3.62. The van der Waals surface area contributed by atoms with Gasteiger partial charge in [-0.25, -0.2) is 0 Å². The predicted molar refractivity (Wildman–Crippen MR) is 345 cm³/mol. The minimum absolute atomic E-state index is 0.203. The van der Waals surface area contributed by atoms with Crippen molar-refractivity contribution in [2.45, 2.75) is 298 Å². The maximum atomic E-state index is 15.6. The molecule has 0 fully saturated rings. The van der Waals surface area contributed by atoms with Crippen LogP contribution in [0.5, 0.6) is 0 Å². The molecule has 0 aliphatic carbocycles. The van der Waals surface area contributed by atoms with Gasteiger partial charge in [-0.05, 0) is 87.8 Å². The molecule has 2 aliphatic rings. The molecule has 4 amide bonds. The van der Waals surface area contributed by atoms with Gasteiger partial charge in [-0.3, -0.25) is 29.0 Å². The van der Waals surface area contributed by atoms with E-state index in [4.69, 9.17) is 0 Å². The first-order valence-corrected chi connectivity index (χ1v) is 35.3. The zero-order valence-electron chi connectivity index (χ0n) is 51.7. The number of hydrogen-bond donors (Lipinski definition) is 0.